The molecule has 1 aliphatic rings. The summed E-state index contributed by atoms with van der Waals surface area (Å²) in [6.45, 7) is 1.33. The Bertz CT molecular complexity index is 523. The van der Waals surface area contributed by atoms with Gasteiger partial charge in [-0.05, 0) is 12.8 Å². The smallest absolute Gasteiger partial charge is 0.260 e. The van der Waals surface area contributed by atoms with Gasteiger partial charge in [0.25, 0.3) is 11.8 Å². The number of nitrogens with two attached hydrogens (primary N) is 2. The minimum Gasteiger partial charge on any atom is -0.397 e. The minimum absolute atomic E-state index is 0.118. The molecule has 8 heteroatoms. The van der Waals surface area contributed by atoms with E-state index in [0.29, 0.717) is 11.5 Å². The molecule has 7 nitrogen and oxygen atoms in total. The van der Waals surface area contributed by atoms with Gasteiger partial charge in [-0.3, -0.25) is 9.59 Å². The van der Waals surface area contributed by atoms with E-state index in [0.717, 1.165) is 30.8 Å². The van der Waals surface area contributed by atoms with E-state index in [4.69, 9.17) is 16.2 Å². The maximum atomic E-state index is 11.9. The average Bonchev–Trinajstić information content (AvgIpc) is 3.03. The van der Waals surface area contributed by atoms with Gasteiger partial charge in [0.2, 0.25) is 0 Å². The third kappa shape index (κ3) is 2.86. The topological polar surface area (TPSA) is 119 Å². The van der Waals surface area contributed by atoms with Crippen molar-refractivity contribution in [2.45, 2.75) is 18.9 Å². The second-order valence-corrected chi connectivity index (χ2v) is 5.53. The molecule has 6 N–H and O–H groups in total. The lowest BCUT2D eigenvalue weighted by Crippen LogP contribution is -2.23. The lowest BCUT2D eigenvalue weighted by atomic mass is 10.2. The van der Waals surface area contributed by atoms with Crippen LogP contribution in [0.3, 0.4) is 0 Å². The minimum atomic E-state index is -0.636. The highest BCUT2D eigenvalue weighted by Crippen LogP contribution is 2.35. The van der Waals surface area contributed by atoms with E-state index in [2.05, 4.69) is 10.6 Å². The van der Waals surface area contributed by atoms with Gasteiger partial charge in [-0.25, -0.2) is 0 Å². The van der Waals surface area contributed by atoms with E-state index in [1.54, 1.807) is 0 Å². The molecule has 0 saturated carbocycles. The van der Waals surface area contributed by atoms with Crippen LogP contribution in [0.4, 0.5) is 10.7 Å². The third-order valence-corrected chi connectivity index (χ3v) is 4.32. The molecule has 0 radical (unpaired) electrons. The Hall–Kier alpha value is -1.80. The van der Waals surface area contributed by atoms with Crippen LogP contribution < -0.4 is 22.1 Å². The first-order valence-electron chi connectivity index (χ1n) is 6.34. The van der Waals surface area contributed by atoms with Crippen LogP contribution in [0, 0.1) is 0 Å². The Morgan fingerprint density at radius 2 is 2.25 bits per heavy atom. The van der Waals surface area contributed by atoms with Gasteiger partial charge in [0, 0.05) is 20.2 Å². The number of rotatable bonds is 5. The summed E-state index contributed by atoms with van der Waals surface area (Å²) >= 11 is 1.09. The molecule has 2 rings (SSSR count). The summed E-state index contributed by atoms with van der Waals surface area (Å²) in [6.07, 6.45) is 2.13. The van der Waals surface area contributed by atoms with Gasteiger partial charge < -0.3 is 26.8 Å². The lowest BCUT2D eigenvalue weighted by Gasteiger charge is -2.11. The van der Waals surface area contributed by atoms with Crippen molar-refractivity contribution in [3.8, 4) is 0 Å². The first-order chi connectivity index (χ1) is 9.54. The Kier molecular flexibility index (Phi) is 4.46. The molecule has 1 saturated heterocycles. The maximum absolute atomic E-state index is 11.9. The standard InChI is InChI=1S/C12H18N4O3S/c1-15-11(18)7-8(13)9(10(14)17)20-12(7)16-5-6-3-2-4-19-6/h6,16H,2-5,13H2,1H3,(H2,14,17)(H,15,18). The molecule has 20 heavy (non-hydrogen) atoms. The summed E-state index contributed by atoms with van der Waals surface area (Å²) in [4.78, 5) is 23.4. The number of carbonyl (C=O) groups excluding carboxylic acids is 2. The highest BCUT2D eigenvalue weighted by molar-refractivity contribution is 7.19. The van der Waals surface area contributed by atoms with Crippen LogP contribution >= 0.6 is 11.3 Å². The van der Waals surface area contributed by atoms with Crippen LogP contribution in [-0.4, -0.2) is 38.1 Å². The van der Waals surface area contributed by atoms with E-state index in [-0.39, 0.29) is 28.1 Å². The fourth-order valence-electron chi connectivity index (χ4n) is 2.11. The normalized spacial score (nSPS) is 17.9. The van der Waals surface area contributed by atoms with Crippen LogP contribution in [0.15, 0.2) is 0 Å². The van der Waals surface area contributed by atoms with E-state index < -0.39 is 5.91 Å². The van der Waals surface area contributed by atoms with Crippen molar-refractivity contribution >= 4 is 33.8 Å². The van der Waals surface area contributed by atoms with E-state index in [1.807, 2.05) is 0 Å². The van der Waals surface area contributed by atoms with Gasteiger partial charge in [-0.2, -0.15) is 0 Å². The number of hydrogen-bond acceptors (Lipinski definition) is 6. The van der Waals surface area contributed by atoms with E-state index in [9.17, 15) is 9.59 Å². The van der Waals surface area contributed by atoms with Crippen molar-refractivity contribution in [2.24, 2.45) is 5.73 Å². The summed E-state index contributed by atoms with van der Waals surface area (Å²) in [5.74, 6) is -0.982. The van der Waals surface area contributed by atoms with E-state index >= 15 is 0 Å². The second-order valence-electron chi connectivity index (χ2n) is 4.51. The molecule has 0 spiro atoms. The molecule has 1 fully saturated rings. The monoisotopic (exact) mass is 298 g/mol. The number of carbonyl (C=O) groups is 2. The third-order valence-electron chi connectivity index (χ3n) is 3.14. The highest BCUT2D eigenvalue weighted by atomic mass is 32.1. The Morgan fingerprint density at radius 3 is 2.80 bits per heavy atom. The van der Waals surface area contributed by atoms with Gasteiger partial charge in [-0.15, -0.1) is 11.3 Å². The van der Waals surface area contributed by atoms with Crippen LogP contribution in [0.2, 0.25) is 0 Å². The first-order valence-corrected chi connectivity index (χ1v) is 7.15. The zero-order valence-electron chi connectivity index (χ0n) is 11.2. The molecule has 2 heterocycles. The van der Waals surface area contributed by atoms with E-state index in [1.165, 1.54) is 7.05 Å². The molecule has 1 aromatic heterocycles. The van der Waals surface area contributed by atoms with Gasteiger partial charge in [-0.1, -0.05) is 0 Å². The highest BCUT2D eigenvalue weighted by Gasteiger charge is 2.25. The van der Waals surface area contributed by atoms with Crippen molar-refractivity contribution in [1.29, 1.82) is 0 Å². The molecule has 110 valence electrons. The molecule has 0 bridgehead atoms. The lowest BCUT2D eigenvalue weighted by molar-refractivity contribution is 0.0964. The molecule has 1 atom stereocenters. The summed E-state index contributed by atoms with van der Waals surface area (Å²) in [5.41, 5.74) is 11.5. The molecule has 0 aromatic carbocycles. The summed E-state index contributed by atoms with van der Waals surface area (Å²) in [6, 6.07) is 0. The Labute approximate surface area is 120 Å². The number of nitrogens with one attached hydrogen (secondary N) is 2. The molecular formula is C12H18N4O3S. The predicted molar refractivity (Wildman–Crippen MR) is 78.1 cm³/mol. The van der Waals surface area contributed by atoms with Crippen molar-refractivity contribution in [2.75, 3.05) is 31.2 Å². The van der Waals surface area contributed by atoms with Crippen molar-refractivity contribution in [3.63, 3.8) is 0 Å². The number of primary amides is 1. The summed E-state index contributed by atoms with van der Waals surface area (Å²) in [5, 5.41) is 6.19. The van der Waals surface area contributed by atoms with Crippen molar-refractivity contribution in [3.05, 3.63) is 10.4 Å². The van der Waals surface area contributed by atoms with Crippen LogP contribution in [0.25, 0.3) is 0 Å². The molecule has 1 aromatic rings. The average molecular weight is 298 g/mol. The van der Waals surface area contributed by atoms with Crippen LogP contribution in [-0.2, 0) is 4.74 Å². The number of amides is 2. The largest absolute Gasteiger partial charge is 0.397 e. The number of anilines is 2. The van der Waals surface area contributed by atoms with Crippen LogP contribution in [0.1, 0.15) is 32.9 Å². The number of ether oxygens (including phenoxy) is 1. The van der Waals surface area contributed by atoms with Gasteiger partial charge in [0.15, 0.2) is 0 Å². The molecule has 1 unspecified atom stereocenters. The zero-order valence-corrected chi connectivity index (χ0v) is 12.0. The number of hydrogen-bond donors (Lipinski definition) is 4. The second kappa shape index (κ2) is 6.10. The predicted octanol–water partition coefficient (Wildman–Crippen LogP) is 0.380. The molecule has 2 amide bonds. The first kappa shape index (κ1) is 14.6. The number of thiophene rings is 1. The summed E-state index contributed by atoms with van der Waals surface area (Å²) < 4.78 is 5.50. The Balaban J connectivity index is 2.22. The number of nitrogen functional groups attached to an aromatic ring is 1. The van der Waals surface area contributed by atoms with Crippen molar-refractivity contribution in [1.82, 2.24) is 5.32 Å². The Morgan fingerprint density at radius 1 is 1.50 bits per heavy atom. The van der Waals surface area contributed by atoms with Gasteiger partial charge in [0.05, 0.1) is 17.4 Å². The van der Waals surface area contributed by atoms with Crippen LogP contribution in [0.5, 0.6) is 0 Å². The van der Waals surface area contributed by atoms with Crippen molar-refractivity contribution < 1.29 is 14.3 Å². The summed E-state index contributed by atoms with van der Waals surface area (Å²) in [7, 11) is 1.51. The zero-order chi connectivity index (χ0) is 14.7. The molecular weight excluding hydrogens is 280 g/mol. The maximum Gasteiger partial charge on any atom is 0.260 e. The quantitative estimate of drug-likeness (QED) is 0.626. The fourth-order valence-corrected chi connectivity index (χ4v) is 3.09. The SMILES string of the molecule is CNC(=O)c1c(NCC2CCCO2)sc(C(N)=O)c1N. The fraction of sp³-hybridized carbons (Fsp3) is 0.500. The molecule has 0 aliphatic carbocycles. The van der Waals surface area contributed by atoms with Gasteiger partial charge in [0.1, 0.15) is 9.88 Å². The molecule has 1 aliphatic heterocycles. The van der Waals surface area contributed by atoms with Gasteiger partial charge >= 0.3 is 0 Å².